The van der Waals surface area contributed by atoms with Gasteiger partial charge < -0.3 is 4.90 Å². The Labute approximate surface area is 119 Å². The highest BCUT2D eigenvalue weighted by atomic mass is 15.3. The Morgan fingerprint density at radius 1 is 0.900 bits per heavy atom. The van der Waals surface area contributed by atoms with Gasteiger partial charge in [-0.2, -0.15) is 0 Å². The van der Waals surface area contributed by atoms with Crippen LogP contribution in [0.3, 0.4) is 0 Å². The van der Waals surface area contributed by atoms with Crippen molar-refractivity contribution in [1.29, 1.82) is 0 Å². The molecule has 0 saturated carbocycles. The van der Waals surface area contributed by atoms with Crippen LogP contribution in [-0.2, 0) is 0 Å². The summed E-state index contributed by atoms with van der Waals surface area (Å²) in [4.78, 5) is 6.43. The minimum absolute atomic E-state index is 0.964. The molecule has 0 aromatic carbocycles. The second-order valence-corrected chi connectivity index (χ2v) is 5.41. The van der Waals surface area contributed by atoms with Crippen molar-refractivity contribution in [3.8, 4) is 11.3 Å². The molecule has 0 aliphatic carbocycles. The van der Waals surface area contributed by atoms with E-state index in [4.69, 9.17) is 0 Å². The fourth-order valence-corrected chi connectivity index (χ4v) is 2.78. The average molecular weight is 268 g/mol. The first-order valence-electron chi connectivity index (χ1n) is 7.26. The Kier molecular flexibility index (Phi) is 3.63. The predicted octanol–water partition coefficient (Wildman–Crippen LogP) is 3.15. The van der Waals surface area contributed by atoms with Crippen LogP contribution in [0.25, 0.3) is 11.3 Å². The first kappa shape index (κ1) is 13.0. The van der Waals surface area contributed by atoms with Gasteiger partial charge in [0.2, 0.25) is 0 Å². The van der Waals surface area contributed by atoms with Gasteiger partial charge in [0, 0.05) is 31.0 Å². The van der Waals surface area contributed by atoms with E-state index < -0.39 is 0 Å². The maximum Gasteiger partial charge on any atom is 0.154 e. The highest BCUT2D eigenvalue weighted by molar-refractivity contribution is 5.66. The Morgan fingerprint density at radius 2 is 1.60 bits per heavy atom. The van der Waals surface area contributed by atoms with Crippen LogP contribution in [0.15, 0.2) is 24.5 Å². The van der Waals surface area contributed by atoms with Gasteiger partial charge in [-0.3, -0.25) is 4.98 Å². The molecule has 1 saturated heterocycles. The number of hydrogen-bond acceptors (Lipinski definition) is 4. The van der Waals surface area contributed by atoms with Crippen LogP contribution >= 0.6 is 0 Å². The van der Waals surface area contributed by atoms with E-state index in [0.29, 0.717) is 0 Å². The molecule has 4 heteroatoms. The van der Waals surface area contributed by atoms with E-state index in [-0.39, 0.29) is 0 Å². The molecule has 0 spiro atoms. The lowest BCUT2D eigenvalue weighted by atomic mass is 10.0. The molecule has 1 aliphatic heterocycles. The molecule has 4 nitrogen and oxygen atoms in total. The van der Waals surface area contributed by atoms with Crippen molar-refractivity contribution in [2.75, 3.05) is 18.0 Å². The first-order chi connectivity index (χ1) is 9.77. The van der Waals surface area contributed by atoms with Gasteiger partial charge in [-0.15, -0.1) is 10.2 Å². The molecule has 2 aromatic heterocycles. The molecule has 0 radical (unpaired) electrons. The summed E-state index contributed by atoms with van der Waals surface area (Å²) >= 11 is 0. The lowest BCUT2D eigenvalue weighted by Gasteiger charge is -2.29. The average Bonchev–Trinajstić information content (AvgIpc) is 2.52. The van der Waals surface area contributed by atoms with Crippen LogP contribution in [0.4, 0.5) is 5.82 Å². The van der Waals surface area contributed by atoms with E-state index in [2.05, 4.69) is 33.9 Å². The quantitative estimate of drug-likeness (QED) is 0.839. The smallest absolute Gasteiger partial charge is 0.154 e. The first-order valence-corrected chi connectivity index (χ1v) is 7.26. The molecule has 2 aromatic rings. The Bertz CT molecular complexity index is 589. The van der Waals surface area contributed by atoms with Crippen molar-refractivity contribution in [2.45, 2.75) is 33.1 Å². The molecule has 0 unspecified atom stereocenters. The lowest BCUT2D eigenvalue weighted by Crippen LogP contribution is -2.31. The molecule has 0 N–H and O–H groups in total. The number of anilines is 1. The van der Waals surface area contributed by atoms with Gasteiger partial charge in [0.15, 0.2) is 5.82 Å². The molecule has 3 heterocycles. The van der Waals surface area contributed by atoms with Crippen molar-refractivity contribution in [2.24, 2.45) is 0 Å². The second-order valence-electron chi connectivity index (χ2n) is 5.41. The Morgan fingerprint density at radius 3 is 2.30 bits per heavy atom. The second kappa shape index (κ2) is 5.57. The molecular weight excluding hydrogens is 248 g/mol. The third-order valence-electron chi connectivity index (χ3n) is 4.11. The van der Waals surface area contributed by atoms with E-state index in [1.165, 1.54) is 30.4 Å². The number of rotatable bonds is 2. The van der Waals surface area contributed by atoms with Crippen LogP contribution in [0, 0.1) is 13.8 Å². The van der Waals surface area contributed by atoms with Gasteiger partial charge in [-0.1, -0.05) is 0 Å². The summed E-state index contributed by atoms with van der Waals surface area (Å²) in [6.45, 7) is 6.49. The third-order valence-corrected chi connectivity index (χ3v) is 4.11. The summed E-state index contributed by atoms with van der Waals surface area (Å²) in [5.74, 6) is 1.06. The summed E-state index contributed by atoms with van der Waals surface area (Å²) in [5, 5.41) is 8.96. The van der Waals surface area contributed by atoms with Crippen LogP contribution in [0.1, 0.15) is 30.4 Å². The fraction of sp³-hybridized carbons (Fsp3) is 0.438. The number of aromatic nitrogens is 3. The van der Waals surface area contributed by atoms with Crippen molar-refractivity contribution >= 4 is 5.82 Å². The lowest BCUT2D eigenvalue weighted by molar-refractivity contribution is 0.570. The highest BCUT2D eigenvalue weighted by Crippen LogP contribution is 2.28. The van der Waals surface area contributed by atoms with Crippen LogP contribution < -0.4 is 4.90 Å². The van der Waals surface area contributed by atoms with E-state index in [1.807, 2.05) is 12.1 Å². The third kappa shape index (κ3) is 2.38. The zero-order chi connectivity index (χ0) is 13.9. The molecule has 1 aliphatic rings. The van der Waals surface area contributed by atoms with E-state index >= 15 is 0 Å². The van der Waals surface area contributed by atoms with Gasteiger partial charge in [0.1, 0.15) is 0 Å². The topological polar surface area (TPSA) is 41.9 Å². The zero-order valence-electron chi connectivity index (χ0n) is 12.1. The summed E-state index contributed by atoms with van der Waals surface area (Å²) in [6.07, 6.45) is 7.43. The van der Waals surface area contributed by atoms with Crippen LogP contribution in [-0.4, -0.2) is 28.3 Å². The van der Waals surface area contributed by atoms with E-state index in [1.54, 1.807) is 12.4 Å². The highest BCUT2D eigenvalue weighted by Gasteiger charge is 2.18. The molecular formula is C16H20N4. The molecule has 0 amide bonds. The Balaban J connectivity index is 1.98. The van der Waals surface area contributed by atoms with Gasteiger partial charge in [0.25, 0.3) is 0 Å². The maximum absolute atomic E-state index is 4.49. The van der Waals surface area contributed by atoms with Crippen molar-refractivity contribution in [1.82, 2.24) is 15.2 Å². The normalized spacial score (nSPS) is 15.4. The molecule has 0 bridgehead atoms. The summed E-state index contributed by atoms with van der Waals surface area (Å²) < 4.78 is 0. The SMILES string of the molecule is Cc1c(-c2ccncc2)nnc(N2CCCCC2)c1C. The molecule has 20 heavy (non-hydrogen) atoms. The molecule has 104 valence electrons. The number of piperidine rings is 1. The van der Waals surface area contributed by atoms with Crippen LogP contribution in [0.2, 0.25) is 0 Å². The number of pyridine rings is 1. The Hall–Kier alpha value is -1.97. The van der Waals surface area contributed by atoms with Gasteiger partial charge in [-0.05, 0) is 56.4 Å². The minimum Gasteiger partial charge on any atom is -0.355 e. The molecule has 1 fully saturated rings. The molecule has 3 rings (SSSR count). The summed E-state index contributed by atoms with van der Waals surface area (Å²) in [6, 6.07) is 3.97. The predicted molar refractivity (Wildman–Crippen MR) is 80.8 cm³/mol. The van der Waals surface area contributed by atoms with Gasteiger partial charge in [0.05, 0.1) is 5.69 Å². The maximum atomic E-state index is 4.49. The number of nitrogens with zero attached hydrogens (tertiary/aromatic N) is 4. The van der Waals surface area contributed by atoms with Crippen LogP contribution in [0.5, 0.6) is 0 Å². The zero-order valence-corrected chi connectivity index (χ0v) is 12.1. The summed E-state index contributed by atoms with van der Waals surface area (Å²) in [5.41, 5.74) is 4.50. The van der Waals surface area contributed by atoms with Crippen molar-refractivity contribution in [3.63, 3.8) is 0 Å². The minimum atomic E-state index is 0.964. The summed E-state index contributed by atoms with van der Waals surface area (Å²) in [7, 11) is 0. The standard InChI is InChI=1S/C16H20N4/c1-12-13(2)16(20-10-4-3-5-11-20)19-18-15(12)14-6-8-17-9-7-14/h6-9H,3-5,10-11H2,1-2H3. The largest absolute Gasteiger partial charge is 0.355 e. The van der Waals surface area contributed by atoms with E-state index in [9.17, 15) is 0 Å². The van der Waals surface area contributed by atoms with Crippen molar-refractivity contribution in [3.05, 3.63) is 35.7 Å². The number of hydrogen-bond donors (Lipinski definition) is 0. The van der Waals surface area contributed by atoms with E-state index in [0.717, 1.165) is 30.2 Å². The van der Waals surface area contributed by atoms with Crippen molar-refractivity contribution < 1.29 is 0 Å². The van der Waals surface area contributed by atoms with Gasteiger partial charge >= 0.3 is 0 Å². The fourth-order valence-electron chi connectivity index (χ4n) is 2.78. The van der Waals surface area contributed by atoms with Gasteiger partial charge in [-0.25, -0.2) is 0 Å². The molecule has 0 atom stereocenters. The monoisotopic (exact) mass is 268 g/mol.